The molecule has 2 aromatic carbocycles. The lowest BCUT2D eigenvalue weighted by Gasteiger charge is -2.11. The molecule has 0 spiro atoms. The molecule has 0 aliphatic rings. The normalized spacial score (nSPS) is 12.5. The van der Waals surface area contributed by atoms with Gasteiger partial charge in [-0.15, -0.1) is 0 Å². The van der Waals surface area contributed by atoms with Crippen LogP contribution in [0.2, 0.25) is 5.02 Å². The molecule has 0 saturated carbocycles. The van der Waals surface area contributed by atoms with Crippen LogP contribution in [0.4, 0.5) is 8.78 Å². The second-order valence-electron chi connectivity index (χ2n) is 4.12. The van der Waals surface area contributed by atoms with Gasteiger partial charge in [0.05, 0.1) is 0 Å². The number of hydrogen-bond donors (Lipinski definition) is 0. The van der Waals surface area contributed by atoms with Gasteiger partial charge in [-0.3, -0.25) is 0 Å². The molecular formula is C14H9Br2ClF2. The van der Waals surface area contributed by atoms with Crippen molar-refractivity contribution in [3.05, 3.63) is 68.7 Å². The topological polar surface area (TPSA) is 0 Å². The van der Waals surface area contributed by atoms with Crippen LogP contribution >= 0.6 is 43.5 Å². The van der Waals surface area contributed by atoms with E-state index in [1.807, 2.05) is 12.1 Å². The standard InChI is InChI=1S/C14H9Br2ClF2/c15-10-5-9(6-11(17)7-10)12(16)3-8-1-2-13(18)14(19)4-8/h1-2,4-7,12H,3H2. The first-order valence-electron chi connectivity index (χ1n) is 5.49. The highest BCUT2D eigenvalue weighted by Crippen LogP contribution is 2.31. The van der Waals surface area contributed by atoms with Crippen LogP contribution in [-0.4, -0.2) is 0 Å². The zero-order valence-corrected chi connectivity index (χ0v) is 13.6. The molecule has 19 heavy (non-hydrogen) atoms. The molecule has 0 fully saturated rings. The van der Waals surface area contributed by atoms with Crippen LogP contribution in [0.5, 0.6) is 0 Å². The van der Waals surface area contributed by atoms with E-state index in [1.54, 1.807) is 12.1 Å². The molecular weight excluding hydrogens is 401 g/mol. The summed E-state index contributed by atoms with van der Waals surface area (Å²) in [5.74, 6) is -1.66. The molecule has 0 aliphatic heterocycles. The van der Waals surface area contributed by atoms with E-state index < -0.39 is 11.6 Å². The van der Waals surface area contributed by atoms with Crippen molar-refractivity contribution in [2.24, 2.45) is 0 Å². The van der Waals surface area contributed by atoms with Gasteiger partial charge >= 0.3 is 0 Å². The number of halogens is 5. The van der Waals surface area contributed by atoms with Gasteiger partial charge in [0.2, 0.25) is 0 Å². The molecule has 0 nitrogen and oxygen atoms in total. The molecule has 1 atom stereocenters. The second kappa shape index (κ2) is 6.33. The van der Waals surface area contributed by atoms with E-state index >= 15 is 0 Å². The highest BCUT2D eigenvalue weighted by atomic mass is 79.9. The van der Waals surface area contributed by atoms with Crippen molar-refractivity contribution >= 4 is 43.5 Å². The number of hydrogen-bond acceptors (Lipinski definition) is 0. The maximum absolute atomic E-state index is 13.1. The first kappa shape index (κ1) is 14.9. The predicted molar refractivity (Wildman–Crippen MR) is 80.9 cm³/mol. The van der Waals surface area contributed by atoms with Crippen molar-refractivity contribution in [1.82, 2.24) is 0 Å². The summed E-state index contributed by atoms with van der Waals surface area (Å²) >= 11 is 12.9. The van der Waals surface area contributed by atoms with Crippen molar-refractivity contribution in [2.45, 2.75) is 11.2 Å². The summed E-state index contributed by atoms with van der Waals surface area (Å²) in [5.41, 5.74) is 1.70. The van der Waals surface area contributed by atoms with E-state index in [0.717, 1.165) is 21.7 Å². The molecule has 0 saturated heterocycles. The Morgan fingerprint density at radius 3 is 2.42 bits per heavy atom. The summed E-state index contributed by atoms with van der Waals surface area (Å²) < 4.78 is 26.9. The lowest BCUT2D eigenvalue weighted by molar-refractivity contribution is 0.507. The Kier molecular flexibility index (Phi) is 4.98. The third kappa shape index (κ3) is 4.01. The fourth-order valence-electron chi connectivity index (χ4n) is 1.75. The molecule has 0 radical (unpaired) electrons. The molecule has 0 amide bonds. The summed E-state index contributed by atoms with van der Waals surface area (Å²) in [6.07, 6.45) is 0.546. The molecule has 0 aliphatic carbocycles. The largest absolute Gasteiger partial charge is 0.204 e. The van der Waals surface area contributed by atoms with Crippen molar-refractivity contribution < 1.29 is 8.78 Å². The molecule has 0 N–H and O–H groups in total. The SMILES string of the molecule is Fc1ccc(CC(Br)c2cc(Cl)cc(Br)c2)cc1F. The van der Waals surface area contributed by atoms with Crippen LogP contribution in [0, 0.1) is 11.6 Å². The van der Waals surface area contributed by atoms with Crippen LogP contribution in [0.1, 0.15) is 16.0 Å². The fourth-order valence-corrected chi connectivity index (χ4v) is 3.27. The predicted octanol–water partition coefficient (Wildman–Crippen LogP) is 6.06. The van der Waals surface area contributed by atoms with Crippen LogP contribution in [-0.2, 0) is 6.42 Å². The Hall–Kier alpha value is -0.450. The minimum Gasteiger partial charge on any atom is -0.204 e. The Balaban J connectivity index is 2.20. The third-order valence-corrected chi connectivity index (χ3v) is 4.17. The van der Waals surface area contributed by atoms with Gasteiger partial charge in [-0.25, -0.2) is 8.78 Å². The van der Waals surface area contributed by atoms with Gasteiger partial charge < -0.3 is 0 Å². The monoisotopic (exact) mass is 408 g/mol. The Bertz CT molecular complexity index is 582. The number of benzene rings is 2. The van der Waals surface area contributed by atoms with E-state index in [1.165, 1.54) is 6.07 Å². The number of rotatable bonds is 3. The Morgan fingerprint density at radius 1 is 1.05 bits per heavy atom. The first-order valence-corrected chi connectivity index (χ1v) is 7.58. The minimum absolute atomic E-state index is 0.0210. The van der Waals surface area contributed by atoms with Crippen molar-refractivity contribution in [1.29, 1.82) is 0 Å². The van der Waals surface area contributed by atoms with E-state index in [4.69, 9.17) is 11.6 Å². The van der Waals surface area contributed by atoms with E-state index in [0.29, 0.717) is 11.4 Å². The molecule has 0 bridgehead atoms. The molecule has 2 rings (SSSR count). The molecule has 0 heterocycles. The average Bonchev–Trinajstić information content (AvgIpc) is 2.32. The lowest BCUT2D eigenvalue weighted by atomic mass is 10.0. The highest BCUT2D eigenvalue weighted by Gasteiger charge is 2.12. The quantitative estimate of drug-likeness (QED) is 0.540. The fraction of sp³-hybridized carbons (Fsp3) is 0.143. The first-order chi connectivity index (χ1) is 8.95. The van der Waals surface area contributed by atoms with Crippen LogP contribution in [0.15, 0.2) is 40.9 Å². The molecule has 100 valence electrons. The van der Waals surface area contributed by atoms with Crippen LogP contribution in [0.3, 0.4) is 0 Å². The molecule has 5 heteroatoms. The summed E-state index contributed by atoms with van der Waals surface area (Å²) in [4.78, 5) is -0.0210. The Morgan fingerprint density at radius 2 is 1.79 bits per heavy atom. The van der Waals surface area contributed by atoms with Crippen molar-refractivity contribution in [2.75, 3.05) is 0 Å². The van der Waals surface area contributed by atoms with Crippen LogP contribution in [0.25, 0.3) is 0 Å². The average molecular weight is 410 g/mol. The van der Waals surface area contributed by atoms with Gasteiger partial charge in [-0.1, -0.05) is 49.5 Å². The maximum Gasteiger partial charge on any atom is 0.159 e. The third-order valence-electron chi connectivity index (χ3n) is 2.65. The summed E-state index contributed by atoms with van der Waals surface area (Å²) in [7, 11) is 0. The summed E-state index contributed by atoms with van der Waals surface area (Å²) in [6.45, 7) is 0. The maximum atomic E-state index is 13.1. The minimum atomic E-state index is -0.833. The molecule has 0 aromatic heterocycles. The number of alkyl halides is 1. The zero-order valence-electron chi connectivity index (χ0n) is 9.64. The Labute approximate surface area is 132 Å². The van der Waals surface area contributed by atoms with Crippen molar-refractivity contribution in [3.63, 3.8) is 0 Å². The van der Waals surface area contributed by atoms with Gasteiger partial charge in [0, 0.05) is 14.3 Å². The van der Waals surface area contributed by atoms with E-state index in [-0.39, 0.29) is 4.83 Å². The smallest absolute Gasteiger partial charge is 0.159 e. The van der Waals surface area contributed by atoms with E-state index in [9.17, 15) is 8.78 Å². The van der Waals surface area contributed by atoms with E-state index in [2.05, 4.69) is 31.9 Å². The highest BCUT2D eigenvalue weighted by molar-refractivity contribution is 9.10. The van der Waals surface area contributed by atoms with Gasteiger partial charge in [-0.2, -0.15) is 0 Å². The summed E-state index contributed by atoms with van der Waals surface area (Å²) in [5, 5.41) is 0.624. The molecule has 1 unspecified atom stereocenters. The van der Waals surface area contributed by atoms with Gasteiger partial charge in [0.1, 0.15) is 0 Å². The van der Waals surface area contributed by atoms with Crippen LogP contribution < -0.4 is 0 Å². The van der Waals surface area contributed by atoms with Crippen molar-refractivity contribution in [3.8, 4) is 0 Å². The van der Waals surface area contributed by atoms with Gasteiger partial charge in [-0.05, 0) is 47.9 Å². The summed E-state index contributed by atoms with van der Waals surface area (Å²) in [6, 6.07) is 9.49. The lowest BCUT2D eigenvalue weighted by Crippen LogP contribution is -1.97. The van der Waals surface area contributed by atoms with Gasteiger partial charge in [0.25, 0.3) is 0 Å². The van der Waals surface area contributed by atoms with Gasteiger partial charge in [0.15, 0.2) is 11.6 Å². The zero-order chi connectivity index (χ0) is 14.0. The molecule has 2 aromatic rings. The second-order valence-corrected chi connectivity index (χ2v) is 6.58.